The molecule has 0 bridgehead atoms. The largest absolute Gasteiger partial charge is 0.511 e. The number of rotatable bonds is 5. The molecular weight excluding hydrogens is 344 g/mol. The summed E-state index contributed by atoms with van der Waals surface area (Å²) in [6.45, 7) is 1.91. The molecule has 0 fully saturated rings. The molecule has 0 atom stereocenters. The van der Waals surface area contributed by atoms with Crippen LogP contribution in [-0.4, -0.2) is 31.4 Å². The van der Waals surface area contributed by atoms with Gasteiger partial charge in [-0.15, -0.1) is 0 Å². The molecule has 0 saturated carbocycles. The third kappa shape index (κ3) is 3.54. The van der Waals surface area contributed by atoms with Crippen molar-refractivity contribution < 1.29 is 23.5 Å². The van der Waals surface area contributed by atoms with Gasteiger partial charge in [-0.3, -0.25) is 19.3 Å². The topological polar surface area (TPSA) is 85.1 Å². The lowest BCUT2D eigenvalue weighted by molar-refractivity contribution is -0.116. The second-order valence-corrected chi connectivity index (χ2v) is 6.12. The van der Waals surface area contributed by atoms with E-state index in [2.05, 4.69) is 10.1 Å². The van der Waals surface area contributed by atoms with E-state index >= 15 is 0 Å². The van der Waals surface area contributed by atoms with Gasteiger partial charge in [0.25, 0.3) is 6.43 Å². The van der Waals surface area contributed by atoms with E-state index in [0.29, 0.717) is 12.1 Å². The van der Waals surface area contributed by atoms with Gasteiger partial charge in [-0.1, -0.05) is 6.07 Å². The number of Topliss-reactive ketones (excluding diaryl/α,β-unsaturated/α-hetero) is 2. The van der Waals surface area contributed by atoms with Crippen LogP contribution in [0.3, 0.4) is 0 Å². The van der Waals surface area contributed by atoms with Crippen LogP contribution in [0.25, 0.3) is 0 Å². The van der Waals surface area contributed by atoms with Gasteiger partial charge in [-0.05, 0) is 25.5 Å². The van der Waals surface area contributed by atoms with Gasteiger partial charge in [0, 0.05) is 24.7 Å². The smallest absolute Gasteiger partial charge is 0.282 e. The molecule has 3 rings (SSSR count). The number of nitrogens with zero attached hydrogens (tertiary/aromatic N) is 3. The number of pyridine rings is 1. The minimum atomic E-state index is -2.98. The second kappa shape index (κ2) is 7.15. The Balaban J connectivity index is 1.97. The first-order chi connectivity index (χ1) is 12.4. The van der Waals surface area contributed by atoms with Crippen molar-refractivity contribution in [2.24, 2.45) is 0 Å². The first kappa shape index (κ1) is 17.9. The van der Waals surface area contributed by atoms with Crippen LogP contribution in [0.1, 0.15) is 53.1 Å². The standard InChI is InChI=1S/C18H17F2N3O3/c1-10-4-2-5-11(21-10)8-23-9-12(16(22-23)18(19)20)17(26)15-13(24)6-3-7-14(15)25/h2,4-5,9,18,24H,3,6-8H2,1H3. The van der Waals surface area contributed by atoms with Gasteiger partial charge in [0.05, 0.1) is 17.8 Å². The number of carbonyl (C=O) groups is 2. The number of halogens is 2. The molecule has 2 aromatic rings. The summed E-state index contributed by atoms with van der Waals surface area (Å²) in [6.07, 6.45) is -1.09. The molecular formula is C18H17F2N3O3. The number of alkyl halides is 2. The summed E-state index contributed by atoms with van der Waals surface area (Å²) >= 11 is 0. The van der Waals surface area contributed by atoms with E-state index in [-0.39, 0.29) is 30.7 Å². The maximum absolute atomic E-state index is 13.4. The van der Waals surface area contributed by atoms with Crippen molar-refractivity contribution in [2.75, 3.05) is 0 Å². The average molecular weight is 361 g/mol. The number of aromatic nitrogens is 3. The molecule has 8 heteroatoms. The first-order valence-electron chi connectivity index (χ1n) is 8.15. The molecule has 0 radical (unpaired) electrons. The third-order valence-corrected chi connectivity index (χ3v) is 4.12. The van der Waals surface area contributed by atoms with Gasteiger partial charge < -0.3 is 5.11 Å². The number of aliphatic hydroxyl groups excluding tert-OH is 1. The van der Waals surface area contributed by atoms with Crippen LogP contribution in [0.15, 0.2) is 35.7 Å². The quantitative estimate of drug-likeness (QED) is 0.652. The lowest BCUT2D eigenvalue weighted by atomic mass is 9.90. The zero-order valence-corrected chi connectivity index (χ0v) is 14.1. The van der Waals surface area contributed by atoms with E-state index in [1.165, 1.54) is 10.9 Å². The van der Waals surface area contributed by atoms with Crippen LogP contribution in [0.5, 0.6) is 0 Å². The Kier molecular flexibility index (Phi) is 4.92. The van der Waals surface area contributed by atoms with Crippen LogP contribution < -0.4 is 0 Å². The fourth-order valence-electron chi connectivity index (χ4n) is 2.93. The Morgan fingerprint density at radius 1 is 1.35 bits per heavy atom. The molecule has 2 aromatic heterocycles. The van der Waals surface area contributed by atoms with Crippen LogP contribution in [0.4, 0.5) is 8.78 Å². The zero-order valence-electron chi connectivity index (χ0n) is 14.1. The molecule has 0 aliphatic heterocycles. The minimum Gasteiger partial charge on any atom is -0.511 e. The highest BCUT2D eigenvalue weighted by molar-refractivity contribution is 6.27. The van der Waals surface area contributed by atoms with E-state index in [1.54, 1.807) is 25.1 Å². The Hall–Kier alpha value is -2.90. The van der Waals surface area contributed by atoms with Gasteiger partial charge in [0.1, 0.15) is 17.0 Å². The van der Waals surface area contributed by atoms with E-state index in [9.17, 15) is 23.5 Å². The van der Waals surface area contributed by atoms with Crippen molar-refractivity contribution in [2.45, 2.75) is 39.2 Å². The first-order valence-corrected chi connectivity index (χ1v) is 8.15. The summed E-state index contributed by atoms with van der Waals surface area (Å²) in [6, 6.07) is 5.30. The number of hydrogen-bond donors (Lipinski definition) is 1. The maximum Gasteiger partial charge on any atom is 0.282 e. The number of aryl methyl sites for hydroxylation is 1. The van der Waals surface area contributed by atoms with Gasteiger partial charge in [-0.2, -0.15) is 5.10 Å². The molecule has 2 heterocycles. The van der Waals surface area contributed by atoms with Crippen LogP contribution >= 0.6 is 0 Å². The van der Waals surface area contributed by atoms with Gasteiger partial charge >= 0.3 is 0 Å². The molecule has 0 aromatic carbocycles. The van der Waals surface area contributed by atoms with E-state index in [0.717, 1.165) is 5.69 Å². The Labute approximate surface area is 148 Å². The van der Waals surface area contributed by atoms with Crippen molar-refractivity contribution in [3.8, 4) is 0 Å². The SMILES string of the molecule is Cc1cccc(Cn2cc(C(=O)C3=C(O)CCCC3=O)c(C(F)F)n2)n1. The van der Waals surface area contributed by atoms with E-state index in [4.69, 9.17) is 0 Å². The predicted octanol–water partition coefficient (Wildman–Crippen LogP) is 3.32. The fraction of sp³-hybridized carbons (Fsp3) is 0.333. The van der Waals surface area contributed by atoms with Crippen molar-refractivity contribution in [3.63, 3.8) is 0 Å². The van der Waals surface area contributed by atoms with Crippen molar-refractivity contribution in [1.82, 2.24) is 14.8 Å². The summed E-state index contributed by atoms with van der Waals surface area (Å²) in [5, 5.41) is 13.7. The zero-order chi connectivity index (χ0) is 18.8. The summed E-state index contributed by atoms with van der Waals surface area (Å²) in [4.78, 5) is 28.9. The lowest BCUT2D eigenvalue weighted by Gasteiger charge is -2.13. The molecule has 26 heavy (non-hydrogen) atoms. The average Bonchev–Trinajstić information content (AvgIpc) is 2.98. The summed E-state index contributed by atoms with van der Waals surface area (Å²) in [7, 11) is 0. The number of aliphatic hydroxyl groups is 1. The normalized spacial score (nSPS) is 15.0. The molecule has 0 unspecified atom stereocenters. The summed E-state index contributed by atoms with van der Waals surface area (Å²) < 4.78 is 27.9. The van der Waals surface area contributed by atoms with Crippen molar-refractivity contribution >= 4 is 11.6 Å². The van der Waals surface area contributed by atoms with Gasteiger partial charge in [0.15, 0.2) is 5.78 Å². The van der Waals surface area contributed by atoms with Crippen molar-refractivity contribution in [1.29, 1.82) is 0 Å². The lowest BCUT2D eigenvalue weighted by Crippen LogP contribution is -2.20. The molecule has 0 spiro atoms. The van der Waals surface area contributed by atoms with Gasteiger partial charge in [-0.25, -0.2) is 8.78 Å². The van der Waals surface area contributed by atoms with Crippen LogP contribution in [0, 0.1) is 6.92 Å². The minimum absolute atomic E-state index is 0.105. The monoisotopic (exact) mass is 361 g/mol. The highest BCUT2D eigenvalue weighted by Gasteiger charge is 2.32. The van der Waals surface area contributed by atoms with E-state index < -0.39 is 29.3 Å². The predicted molar refractivity (Wildman–Crippen MR) is 88.1 cm³/mol. The molecule has 1 aliphatic carbocycles. The summed E-state index contributed by atoms with van der Waals surface area (Å²) in [5.74, 6) is -1.79. The molecule has 6 nitrogen and oxygen atoms in total. The molecule has 0 amide bonds. The highest BCUT2D eigenvalue weighted by atomic mass is 19.3. The molecule has 136 valence electrons. The number of ketones is 2. The molecule has 0 saturated heterocycles. The Bertz CT molecular complexity index is 903. The second-order valence-electron chi connectivity index (χ2n) is 6.12. The Morgan fingerprint density at radius 2 is 2.12 bits per heavy atom. The molecule has 1 aliphatic rings. The maximum atomic E-state index is 13.4. The van der Waals surface area contributed by atoms with Crippen LogP contribution in [0.2, 0.25) is 0 Å². The van der Waals surface area contributed by atoms with Gasteiger partial charge in [0.2, 0.25) is 5.78 Å². The number of hydrogen-bond acceptors (Lipinski definition) is 5. The highest BCUT2D eigenvalue weighted by Crippen LogP contribution is 2.28. The number of allylic oxidation sites excluding steroid dienone is 2. The molecule has 1 N–H and O–H groups in total. The van der Waals surface area contributed by atoms with Crippen molar-refractivity contribution in [3.05, 3.63) is 58.4 Å². The fourth-order valence-corrected chi connectivity index (χ4v) is 2.93. The van der Waals surface area contributed by atoms with E-state index in [1.807, 2.05) is 0 Å². The Morgan fingerprint density at radius 3 is 2.77 bits per heavy atom. The van der Waals surface area contributed by atoms with Crippen LogP contribution in [-0.2, 0) is 11.3 Å². The number of carbonyl (C=O) groups excluding carboxylic acids is 2. The third-order valence-electron chi connectivity index (χ3n) is 4.12. The summed E-state index contributed by atoms with van der Waals surface area (Å²) in [5.41, 5.74) is -0.122.